The topological polar surface area (TPSA) is 0 Å². The van der Waals surface area contributed by atoms with E-state index in [1.807, 2.05) is 12.1 Å². The van der Waals surface area contributed by atoms with E-state index in [-0.39, 0.29) is 0 Å². The first-order chi connectivity index (χ1) is 9.75. The molecule has 4 aliphatic carbocycles. The fraction of sp³-hybridized carbons (Fsp3) is 0.500. The largest absolute Gasteiger partial charge is 0.115 e. The Morgan fingerprint density at radius 3 is 1.85 bits per heavy atom. The normalized spacial score (nSPS) is 37.0. The molecule has 0 heterocycles. The van der Waals surface area contributed by atoms with Gasteiger partial charge in [0.1, 0.15) is 0 Å². The van der Waals surface area contributed by atoms with Crippen molar-refractivity contribution in [2.75, 3.05) is 0 Å². The Morgan fingerprint density at radius 1 is 0.850 bits per heavy atom. The van der Waals surface area contributed by atoms with Crippen LogP contribution in [0.15, 0.2) is 24.3 Å². The minimum absolute atomic E-state index is 0.347. The van der Waals surface area contributed by atoms with E-state index in [1.54, 1.807) is 0 Å². The summed E-state index contributed by atoms with van der Waals surface area (Å²) in [4.78, 5) is 0. The first-order valence-electron chi connectivity index (χ1n) is 7.84. The van der Waals surface area contributed by atoms with Crippen LogP contribution < -0.4 is 0 Å². The average Bonchev–Trinajstić information content (AvgIpc) is 2.44. The number of hydrogen-bond donors (Lipinski definition) is 0. The number of hydrogen-bond acceptors (Lipinski definition) is 0. The molecule has 0 radical (unpaired) electrons. The maximum Gasteiger partial charge on any atom is 0.0326 e. The van der Waals surface area contributed by atoms with Crippen molar-refractivity contribution in [3.05, 3.63) is 35.4 Å². The molecular weight excluding hydrogens is 240 g/mol. The van der Waals surface area contributed by atoms with Crippen LogP contribution in [-0.4, -0.2) is 0 Å². The van der Waals surface area contributed by atoms with E-state index in [2.05, 4.69) is 29.9 Å². The van der Waals surface area contributed by atoms with E-state index < -0.39 is 0 Å². The number of terminal acetylenes is 1. The number of rotatable bonds is 0. The smallest absolute Gasteiger partial charge is 0.0326 e. The molecule has 0 amide bonds. The lowest BCUT2D eigenvalue weighted by Gasteiger charge is -2.54. The van der Waals surface area contributed by atoms with Crippen LogP contribution >= 0.6 is 0 Å². The Labute approximate surface area is 122 Å². The lowest BCUT2D eigenvalue weighted by molar-refractivity contribution is -0.0181. The molecule has 0 atom stereocenters. The molecule has 1 aromatic carbocycles. The molecule has 0 spiro atoms. The van der Waals surface area contributed by atoms with Gasteiger partial charge >= 0.3 is 0 Å². The first kappa shape index (κ1) is 12.1. The predicted molar refractivity (Wildman–Crippen MR) is 81.9 cm³/mol. The molecule has 0 aromatic heterocycles. The van der Waals surface area contributed by atoms with Crippen LogP contribution in [0.25, 0.3) is 0 Å². The van der Waals surface area contributed by atoms with Crippen LogP contribution in [0.2, 0.25) is 0 Å². The highest BCUT2D eigenvalue weighted by Crippen LogP contribution is 2.59. The molecule has 1 aromatic rings. The zero-order chi connectivity index (χ0) is 13.6. The minimum Gasteiger partial charge on any atom is -0.115 e. The van der Waals surface area contributed by atoms with E-state index in [0.29, 0.717) is 5.41 Å². The minimum atomic E-state index is 0.347. The molecule has 0 nitrogen and oxygen atoms in total. The summed E-state index contributed by atoms with van der Waals surface area (Å²) in [6.07, 6.45) is 13.9. The van der Waals surface area contributed by atoms with E-state index in [4.69, 9.17) is 6.42 Å². The first-order valence-corrected chi connectivity index (χ1v) is 7.84. The van der Waals surface area contributed by atoms with Gasteiger partial charge in [0.15, 0.2) is 0 Å². The van der Waals surface area contributed by atoms with E-state index in [0.717, 1.165) is 28.9 Å². The van der Waals surface area contributed by atoms with Crippen molar-refractivity contribution in [1.82, 2.24) is 0 Å². The third-order valence-corrected chi connectivity index (χ3v) is 5.56. The van der Waals surface area contributed by atoms with Crippen molar-refractivity contribution >= 4 is 0 Å². The highest BCUT2D eigenvalue weighted by atomic mass is 14.5. The van der Waals surface area contributed by atoms with Gasteiger partial charge in [-0.25, -0.2) is 0 Å². The second-order valence-electron chi connectivity index (χ2n) is 7.17. The summed E-state index contributed by atoms with van der Waals surface area (Å²) in [5.41, 5.74) is 2.39. The van der Waals surface area contributed by atoms with Gasteiger partial charge in [0.2, 0.25) is 0 Å². The van der Waals surface area contributed by atoms with Gasteiger partial charge in [-0.3, -0.25) is 0 Å². The summed E-state index contributed by atoms with van der Waals surface area (Å²) < 4.78 is 0. The van der Waals surface area contributed by atoms with Crippen molar-refractivity contribution in [3.63, 3.8) is 0 Å². The van der Waals surface area contributed by atoms with Gasteiger partial charge in [-0.15, -0.1) is 6.42 Å². The Bertz CT molecular complexity index is 579. The molecule has 5 rings (SSSR count). The summed E-state index contributed by atoms with van der Waals surface area (Å²) in [5.74, 6) is 12.7. The maximum atomic E-state index is 5.39. The SMILES string of the molecule is C#Cc1ccc(C#CC23CC4CC(CC(C4)C2)C3)cc1. The van der Waals surface area contributed by atoms with E-state index >= 15 is 0 Å². The van der Waals surface area contributed by atoms with Crippen LogP contribution in [0.4, 0.5) is 0 Å². The van der Waals surface area contributed by atoms with E-state index in [9.17, 15) is 0 Å². The predicted octanol–water partition coefficient (Wildman–Crippen LogP) is 4.24. The fourth-order valence-corrected chi connectivity index (χ4v) is 5.12. The lowest BCUT2D eigenvalue weighted by Crippen LogP contribution is -2.45. The van der Waals surface area contributed by atoms with Gasteiger partial charge in [0.25, 0.3) is 0 Å². The van der Waals surface area contributed by atoms with Gasteiger partial charge in [0, 0.05) is 16.5 Å². The van der Waals surface area contributed by atoms with Gasteiger partial charge in [0.05, 0.1) is 0 Å². The Morgan fingerprint density at radius 2 is 1.35 bits per heavy atom. The third-order valence-electron chi connectivity index (χ3n) is 5.56. The monoisotopic (exact) mass is 260 g/mol. The zero-order valence-electron chi connectivity index (χ0n) is 11.9. The molecule has 0 unspecified atom stereocenters. The summed E-state index contributed by atoms with van der Waals surface area (Å²) in [6, 6.07) is 8.10. The Kier molecular flexibility index (Phi) is 2.68. The van der Waals surface area contributed by atoms with Crippen molar-refractivity contribution in [2.24, 2.45) is 23.2 Å². The van der Waals surface area contributed by atoms with Crippen molar-refractivity contribution in [1.29, 1.82) is 0 Å². The Balaban J connectivity index is 1.59. The molecule has 4 bridgehead atoms. The molecule has 0 saturated heterocycles. The summed E-state index contributed by atoms with van der Waals surface area (Å²) in [7, 11) is 0. The van der Waals surface area contributed by atoms with Crippen LogP contribution in [0.1, 0.15) is 49.7 Å². The van der Waals surface area contributed by atoms with Gasteiger partial charge in [-0.1, -0.05) is 17.8 Å². The second kappa shape index (κ2) is 4.43. The highest BCUT2D eigenvalue weighted by Gasteiger charge is 2.50. The highest BCUT2D eigenvalue weighted by molar-refractivity contribution is 5.42. The summed E-state index contributed by atoms with van der Waals surface area (Å²) in [5, 5.41) is 0. The molecule has 4 aliphatic rings. The maximum absolute atomic E-state index is 5.39. The van der Waals surface area contributed by atoms with Gasteiger partial charge < -0.3 is 0 Å². The standard InChI is InChI=1S/C20H20/c1-2-15-3-5-16(6-4-15)7-8-20-12-17-9-18(13-20)11-19(10-17)14-20/h1,3-6,17-19H,9-14H2. The van der Waals surface area contributed by atoms with Crippen LogP contribution in [-0.2, 0) is 0 Å². The molecule has 4 fully saturated rings. The van der Waals surface area contributed by atoms with Crippen LogP contribution in [0.5, 0.6) is 0 Å². The zero-order valence-corrected chi connectivity index (χ0v) is 11.9. The van der Waals surface area contributed by atoms with E-state index in [1.165, 1.54) is 38.5 Å². The second-order valence-corrected chi connectivity index (χ2v) is 7.17. The molecule has 4 saturated carbocycles. The average molecular weight is 260 g/mol. The van der Waals surface area contributed by atoms with Crippen LogP contribution in [0.3, 0.4) is 0 Å². The molecule has 20 heavy (non-hydrogen) atoms. The van der Waals surface area contributed by atoms with Crippen molar-refractivity contribution < 1.29 is 0 Å². The number of benzene rings is 1. The van der Waals surface area contributed by atoms with Gasteiger partial charge in [-0.2, -0.15) is 0 Å². The van der Waals surface area contributed by atoms with Crippen molar-refractivity contribution in [3.8, 4) is 24.2 Å². The van der Waals surface area contributed by atoms with Gasteiger partial charge in [-0.05, 0) is 80.5 Å². The molecule has 0 heteroatoms. The fourth-order valence-electron chi connectivity index (χ4n) is 5.12. The molecule has 0 N–H and O–H groups in total. The Hall–Kier alpha value is -1.66. The van der Waals surface area contributed by atoms with Crippen molar-refractivity contribution in [2.45, 2.75) is 38.5 Å². The summed E-state index contributed by atoms with van der Waals surface area (Å²) in [6.45, 7) is 0. The van der Waals surface area contributed by atoms with Crippen LogP contribution in [0, 0.1) is 47.4 Å². The summed E-state index contributed by atoms with van der Waals surface area (Å²) >= 11 is 0. The molecular formula is C20H20. The quantitative estimate of drug-likeness (QED) is 0.612. The lowest BCUT2D eigenvalue weighted by atomic mass is 9.50. The third kappa shape index (κ3) is 2.05. The molecule has 0 aliphatic heterocycles. The molecule has 100 valence electrons.